The Bertz CT molecular complexity index is 1900. The summed E-state index contributed by atoms with van der Waals surface area (Å²) in [7, 11) is -9.97. The highest BCUT2D eigenvalue weighted by Gasteiger charge is 2.52. The van der Waals surface area contributed by atoms with Crippen LogP contribution in [0, 0.1) is 0 Å². The molecule has 44 heavy (non-hydrogen) atoms. The molecule has 7 N–H and O–H groups in total. The van der Waals surface area contributed by atoms with Gasteiger partial charge in [-0.3, -0.25) is 37.0 Å². The molecule has 7 heterocycles. The van der Waals surface area contributed by atoms with Gasteiger partial charge >= 0.3 is 15.6 Å². The summed E-state index contributed by atoms with van der Waals surface area (Å²) in [6.45, 7) is -1.46. The number of phosphoric acid groups is 2. The van der Waals surface area contributed by atoms with Crippen LogP contribution in [0.3, 0.4) is 0 Å². The molecule has 0 radical (unpaired) electrons. The van der Waals surface area contributed by atoms with Gasteiger partial charge in [-0.25, -0.2) is 33.5 Å². The average molecular weight is 660 g/mol. The lowest BCUT2D eigenvalue weighted by molar-refractivity contribution is -0.0670. The number of anilines is 2. The second-order valence-corrected chi connectivity index (χ2v) is 12.8. The third-order valence-corrected chi connectivity index (χ3v) is 9.14. The lowest BCUT2D eigenvalue weighted by atomic mass is 10.1. The Labute approximate surface area is 243 Å². The summed E-state index contributed by atoms with van der Waals surface area (Å²) in [5.74, 6) is -0.224. The number of fused-ring (bicyclic) bond motifs is 6. The lowest BCUT2D eigenvalue weighted by Gasteiger charge is -2.24. The normalized spacial score (nSPS) is 36.6. The zero-order valence-electron chi connectivity index (χ0n) is 22.0. The molecule has 4 aromatic heterocycles. The van der Waals surface area contributed by atoms with Crippen molar-refractivity contribution in [2.45, 2.75) is 49.5 Å². The predicted molar refractivity (Wildman–Crippen MR) is 141 cm³/mol. The Balaban J connectivity index is 1.21. The Morgan fingerprint density at radius 3 is 2.41 bits per heavy atom. The summed E-state index contributed by atoms with van der Waals surface area (Å²) in [5, 5.41) is 0. The summed E-state index contributed by atoms with van der Waals surface area (Å²) in [4.78, 5) is 55.8. The Morgan fingerprint density at radius 1 is 0.909 bits per heavy atom. The van der Waals surface area contributed by atoms with Crippen molar-refractivity contribution in [3.8, 4) is 0 Å². The molecule has 0 aromatic carbocycles. The molecule has 3 fully saturated rings. The fourth-order valence-corrected chi connectivity index (χ4v) is 7.12. The van der Waals surface area contributed by atoms with E-state index in [4.69, 9.17) is 39.0 Å². The van der Waals surface area contributed by atoms with Gasteiger partial charge in [-0.15, -0.1) is 0 Å². The van der Waals surface area contributed by atoms with Gasteiger partial charge in [0.05, 0.1) is 32.0 Å². The number of hydrogen-bond acceptors (Lipinski definition) is 16. The molecular formula is C20H23FN10O11P2. The van der Waals surface area contributed by atoms with Gasteiger partial charge in [0.1, 0.15) is 30.2 Å². The number of nitrogen functional groups attached to an aromatic ring is 2. The predicted octanol–water partition coefficient (Wildman–Crippen LogP) is -0.335. The number of halogens is 1. The lowest BCUT2D eigenvalue weighted by Crippen LogP contribution is -2.32. The summed E-state index contributed by atoms with van der Waals surface area (Å²) in [6.07, 6.45) is -7.29. The van der Waals surface area contributed by atoms with Crippen molar-refractivity contribution in [1.29, 1.82) is 0 Å². The molecule has 24 heteroatoms. The van der Waals surface area contributed by atoms with E-state index < -0.39 is 77.5 Å². The van der Waals surface area contributed by atoms with Gasteiger partial charge in [0.25, 0.3) is 5.56 Å². The topological polar surface area (TPSA) is 289 Å². The maximum Gasteiger partial charge on any atom is 0.472 e. The van der Waals surface area contributed by atoms with Gasteiger partial charge in [0.15, 0.2) is 41.3 Å². The van der Waals surface area contributed by atoms with E-state index in [2.05, 4.69) is 29.9 Å². The Hall–Kier alpha value is -3.43. The number of hydrogen-bond donors (Lipinski definition) is 5. The molecule has 4 bridgehead atoms. The van der Waals surface area contributed by atoms with E-state index in [9.17, 15) is 23.7 Å². The summed E-state index contributed by atoms with van der Waals surface area (Å²) in [5.41, 5.74) is 10.9. The Kier molecular flexibility index (Phi) is 7.05. The number of alkyl halides is 1. The van der Waals surface area contributed by atoms with Crippen molar-refractivity contribution in [2.24, 2.45) is 0 Å². The molecule has 0 spiro atoms. The number of aromatic nitrogens is 8. The van der Waals surface area contributed by atoms with Crippen LogP contribution in [0.1, 0.15) is 18.9 Å². The van der Waals surface area contributed by atoms with Crippen molar-refractivity contribution in [1.82, 2.24) is 39.0 Å². The van der Waals surface area contributed by atoms with Gasteiger partial charge in [0, 0.05) is 6.42 Å². The first kappa shape index (κ1) is 29.3. The molecule has 236 valence electrons. The molecule has 4 aromatic rings. The van der Waals surface area contributed by atoms with E-state index in [-0.39, 0.29) is 40.5 Å². The van der Waals surface area contributed by atoms with Crippen molar-refractivity contribution < 1.29 is 50.9 Å². The van der Waals surface area contributed by atoms with Gasteiger partial charge in [0.2, 0.25) is 5.95 Å². The monoisotopic (exact) mass is 660 g/mol. The maximum atomic E-state index is 15.8. The molecule has 7 rings (SSSR count). The van der Waals surface area contributed by atoms with Crippen LogP contribution in [-0.2, 0) is 36.7 Å². The minimum absolute atomic E-state index is 0.0703. The molecule has 2 unspecified atom stereocenters. The van der Waals surface area contributed by atoms with Crippen molar-refractivity contribution in [2.75, 3.05) is 24.7 Å². The minimum atomic E-state index is -5.04. The van der Waals surface area contributed by atoms with Crippen LogP contribution >= 0.6 is 15.6 Å². The second-order valence-electron chi connectivity index (χ2n) is 9.99. The largest absolute Gasteiger partial charge is 0.472 e. The molecule has 21 nitrogen and oxygen atoms in total. The van der Waals surface area contributed by atoms with Crippen LogP contribution in [-0.4, -0.2) is 92.6 Å². The number of aromatic amines is 1. The van der Waals surface area contributed by atoms with Crippen LogP contribution < -0.4 is 17.0 Å². The van der Waals surface area contributed by atoms with Crippen LogP contribution in [0.25, 0.3) is 22.3 Å². The van der Waals surface area contributed by atoms with Crippen LogP contribution in [0.15, 0.2) is 23.8 Å². The number of rotatable bonds is 2. The van der Waals surface area contributed by atoms with E-state index in [1.165, 1.54) is 17.2 Å². The van der Waals surface area contributed by atoms with E-state index in [0.29, 0.717) is 0 Å². The first-order valence-electron chi connectivity index (χ1n) is 12.8. The van der Waals surface area contributed by atoms with Crippen molar-refractivity contribution in [3.63, 3.8) is 0 Å². The van der Waals surface area contributed by atoms with E-state index >= 15 is 4.39 Å². The minimum Gasteiger partial charge on any atom is -0.382 e. The molecule has 3 aliphatic heterocycles. The molecule has 0 aliphatic carbocycles. The van der Waals surface area contributed by atoms with E-state index in [1.54, 1.807) is 0 Å². The van der Waals surface area contributed by atoms with E-state index in [0.717, 1.165) is 10.9 Å². The quantitative estimate of drug-likeness (QED) is 0.172. The highest BCUT2D eigenvalue weighted by atomic mass is 31.2. The first-order valence-corrected chi connectivity index (χ1v) is 15.8. The molecule has 0 amide bonds. The number of nitrogens with zero attached hydrogens (tertiary/aromatic N) is 7. The molecule has 3 saturated heterocycles. The second kappa shape index (κ2) is 10.6. The SMILES string of the molecule is Nc1nc2c(ncn2[C@@H]2O[C@@H]3COP(=O)(O)O[C@@H]4C[C@@H](COP(=O)(O)O[C@@H]2[C@@H]3F)O[C@H]4n2cnc3c(N)ncnc32)c(=O)[nH]1. The first-order chi connectivity index (χ1) is 20.9. The zero-order chi connectivity index (χ0) is 31.0. The molecule has 9 atom stereocenters. The molecule has 3 aliphatic rings. The number of ether oxygens (including phenoxy) is 2. The highest BCUT2D eigenvalue weighted by molar-refractivity contribution is 7.47. The number of H-pyrrole nitrogens is 1. The third-order valence-electron chi connectivity index (χ3n) is 7.14. The van der Waals surface area contributed by atoms with Gasteiger partial charge in [-0.2, -0.15) is 4.98 Å². The summed E-state index contributed by atoms with van der Waals surface area (Å²) >= 11 is 0. The number of imidazole rings is 2. The van der Waals surface area contributed by atoms with Gasteiger partial charge < -0.3 is 30.7 Å². The fraction of sp³-hybridized carbons (Fsp3) is 0.500. The number of nitrogens with two attached hydrogens (primary N) is 2. The van der Waals surface area contributed by atoms with Crippen LogP contribution in [0.2, 0.25) is 0 Å². The standard InChI is InChI=1S/C20H23FN10O11P2/c21-10-9-3-38-43(33,34)41-8-1-7(39-18(8)30-5-26-11-14(22)24-4-25-15(11)30)2-37-44(35,36)42-13(10)19(40-9)31-6-27-12-16(31)28-20(23)29-17(12)32/h4-10,13,18-19H,1-3H2,(H,33,34)(H,35,36)(H2,22,24,25)(H3,23,28,29,32)/t7-,8+,9+,10+,13+,18+,19+/m0/s1. The number of phosphoric ester groups is 2. The van der Waals surface area contributed by atoms with Crippen molar-refractivity contribution >= 4 is 49.7 Å². The zero-order valence-corrected chi connectivity index (χ0v) is 23.8. The smallest absolute Gasteiger partial charge is 0.382 e. The van der Waals surface area contributed by atoms with Gasteiger partial charge in [-0.05, 0) is 0 Å². The van der Waals surface area contributed by atoms with Gasteiger partial charge in [-0.1, -0.05) is 0 Å². The fourth-order valence-electron chi connectivity index (χ4n) is 5.24. The maximum absolute atomic E-state index is 15.8. The average Bonchev–Trinajstić information content (AvgIpc) is 3.72. The third kappa shape index (κ3) is 5.17. The van der Waals surface area contributed by atoms with Crippen LogP contribution in [0.5, 0.6) is 0 Å². The van der Waals surface area contributed by atoms with Crippen LogP contribution in [0.4, 0.5) is 16.2 Å². The summed E-state index contributed by atoms with van der Waals surface area (Å²) < 4.78 is 76.9. The molecular weight excluding hydrogens is 637 g/mol. The number of nitrogens with one attached hydrogen (secondary N) is 1. The summed E-state index contributed by atoms with van der Waals surface area (Å²) in [6, 6.07) is 0. The van der Waals surface area contributed by atoms with Crippen molar-refractivity contribution in [3.05, 3.63) is 29.3 Å². The molecule has 0 saturated carbocycles. The highest BCUT2D eigenvalue weighted by Crippen LogP contribution is 2.54. The van der Waals surface area contributed by atoms with E-state index in [1.807, 2.05) is 0 Å². The Morgan fingerprint density at radius 2 is 1.61 bits per heavy atom.